The molecule has 1 aromatic heterocycles. The Kier molecular flexibility index (Phi) is 2.41. The van der Waals surface area contributed by atoms with Crippen LogP contribution < -0.4 is 5.73 Å². The van der Waals surface area contributed by atoms with Gasteiger partial charge in [0.15, 0.2) is 0 Å². The number of nitrogen functional groups attached to an aromatic ring is 1. The van der Waals surface area contributed by atoms with E-state index < -0.39 is 0 Å². The summed E-state index contributed by atoms with van der Waals surface area (Å²) >= 11 is 3.18. The smallest absolute Gasteiger partial charge is 0.201 e. The number of ether oxygens (including phenoxy) is 1. The third-order valence-electron chi connectivity index (χ3n) is 4.16. The number of nitrogens with zero attached hydrogens (tertiary/aromatic N) is 2. The number of aromatic nitrogens is 2. The number of fused-ring (bicyclic) bond motifs is 3. The van der Waals surface area contributed by atoms with E-state index in [1.165, 1.54) is 6.07 Å². The summed E-state index contributed by atoms with van der Waals surface area (Å²) in [5.41, 5.74) is 7.49. The number of nitrogens with two attached hydrogens (primary N) is 1. The fourth-order valence-corrected chi connectivity index (χ4v) is 3.67. The molecule has 6 heteroatoms. The summed E-state index contributed by atoms with van der Waals surface area (Å²) < 4.78 is 22.0. The Bertz CT molecular complexity index is 671. The summed E-state index contributed by atoms with van der Waals surface area (Å²) in [6.45, 7) is 0. The second-order valence-corrected chi connectivity index (χ2v) is 6.13. The number of hydrogen-bond acceptors (Lipinski definition) is 3. The average Bonchev–Trinajstić information content (AvgIpc) is 3.03. The molecule has 1 aromatic carbocycles. The SMILES string of the molecule is Nc1nc2cc(Br)c(F)cc2n1C1CC2CCC1O2. The lowest BCUT2D eigenvalue weighted by Crippen LogP contribution is -2.22. The minimum Gasteiger partial charge on any atom is -0.373 e. The van der Waals surface area contributed by atoms with Crippen LogP contribution in [0.25, 0.3) is 11.0 Å². The van der Waals surface area contributed by atoms with Crippen LogP contribution in [-0.4, -0.2) is 21.8 Å². The molecule has 2 aliphatic rings. The van der Waals surface area contributed by atoms with Gasteiger partial charge in [0.1, 0.15) is 5.82 Å². The number of imidazole rings is 1. The van der Waals surface area contributed by atoms with E-state index in [1.807, 2.05) is 4.57 Å². The zero-order chi connectivity index (χ0) is 13.1. The fraction of sp³-hybridized carbons (Fsp3) is 0.462. The summed E-state index contributed by atoms with van der Waals surface area (Å²) in [6, 6.07) is 3.35. The maximum Gasteiger partial charge on any atom is 0.201 e. The van der Waals surface area contributed by atoms with E-state index in [-0.39, 0.29) is 18.0 Å². The molecule has 19 heavy (non-hydrogen) atoms. The molecule has 2 bridgehead atoms. The molecule has 2 aliphatic heterocycles. The predicted molar refractivity (Wildman–Crippen MR) is 73.4 cm³/mol. The maximum atomic E-state index is 13.8. The van der Waals surface area contributed by atoms with E-state index in [4.69, 9.17) is 10.5 Å². The van der Waals surface area contributed by atoms with Crippen molar-refractivity contribution < 1.29 is 9.13 Å². The molecule has 3 unspecified atom stereocenters. The van der Waals surface area contributed by atoms with Crippen molar-refractivity contribution in [2.24, 2.45) is 0 Å². The third kappa shape index (κ3) is 1.63. The molecule has 0 radical (unpaired) electrons. The molecule has 4 nitrogen and oxygen atoms in total. The van der Waals surface area contributed by atoms with Gasteiger partial charge in [-0.1, -0.05) is 0 Å². The van der Waals surface area contributed by atoms with Crippen molar-refractivity contribution >= 4 is 32.9 Å². The normalized spacial score (nSPS) is 29.5. The van der Waals surface area contributed by atoms with Crippen LogP contribution in [0.3, 0.4) is 0 Å². The van der Waals surface area contributed by atoms with Gasteiger partial charge in [-0.2, -0.15) is 0 Å². The summed E-state index contributed by atoms with van der Waals surface area (Å²) in [6.07, 6.45) is 3.63. The Balaban J connectivity index is 1.89. The molecule has 2 saturated heterocycles. The zero-order valence-corrected chi connectivity index (χ0v) is 11.7. The van der Waals surface area contributed by atoms with Crippen LogP contribution in [0.2, 0.25) is 0 Å². The summed E-state index contributed by atoms with van der Waals surface area (Å²) in [7, 11) is 0. The van der Waals surface area contributed by atoms with Crippen molar-refractivity contribution in [2.45, 2.75) is 37.5 Å². The molecule has 100 valence electrons. The van der Waals surface area contributed by atoms with Crippen LogP contribution in [-0.2, 0) is 4.74 Å². The maximum absolute atomic E-state index is 13.8. The first kappa shape index (κ1) is 11.7. The van der Waals surface area contributed by atoms with Crippen molar-refractivity contribution in [1.82, 2.24) is 9.55 Å². The monoisotopic (exact) mass is 325 g/mol. The second kappa shape index (κ2) is 3.93. The minimum atomic E-state index is -0.294. The molecular formula is C13H13BrFN3O. The van der Waals surface area contributed by atoms with Crippen LogP contribution in [0, 0.1) is 5.82 Å². The highest BCUT2D eigenvalue weighted by molar-refractivity contribution is 9.10. The van der Waals surface area contributed by atoms with Gasteiger partial charge in [-0.25, -0.2) is 9.37 Å². The molecule has 0 amide bonds. The summed E-state index contributed by atoms with van der Waals surface area (Å²) in [5, 5.41) is 0. The Labute approximate surface area is 117 Å². The molecule has 2 N–H and O–H groups in total. The van der Waals surface area contributed by atoms with Gasteiger partial charge in [0.2, 0.25) is 5.95 Å². The van der Waals surface area contributed by atoms with Gasteiger partial charge in [-0.15, -0.1) is 0 Å². The highest BCUT2D eigenvalue weighted by Crippen LogP contribution is 2.44. The number of hydrogen-bond donors (Lipinski definition) is 1. The van der Waals surface area contributed by atoms with Gasteiger partial charge in [0.25, 0.3) is 0 Å². The standard InChI is InChI=1S/C13H13BrFN3O/c14-7-4-9-10(5-8(7)15)18(13(16)17-9)11-3-6-1-2-12(11)19-6/h4-6,11-12H,1-3H2,(H2,16,17). The topological polar surface area (TPSA) is 53.1 Å². The number of anilines is 1. The first-order valence-corrected chi connectivity index (χ1v) is 7.20. The molecule has 2 aromatic rings. The van der Waals surface area contributed by atoms with Crippen molar-refractivity contribution in [3.05, 3.63) is 22.4 Å². The van der Waals surface area contributed by atoms with Crippen molar-refractivity contribution in [1.29, 1.82) is 0 Å². The molecule has 0 saturated carbocycles. The van der Waals surface area contributed by atoms with Crippen LogP contribution >= 0.6 is 15.9 Å². The van der Waals surface area contributed by atoms with Gasteiger partial charge in [0.05, 0.1) is 33.8 Å². The Morgan fingerprint density at radius 2 is 2.26 bits per heavy atom. The lowest BCUT2D eigenvalue weighted by atomic mass is 9.95. The summed E-state index contributed by atoms with van der Waals surface area (Å²) in [5.74, 6) is 0.145. The highest BCUT2D eigenvalue weighted by Gasteiger charge is 2.42. The van der Waals surface area contributed by atoms with Crippen LogP contribution in [0.5, 0.6) is 0 Å². The molecule has 0 spiro atoms. The molecule has 4 rings (SSSR count). The highest BCUT2D eigenvalue weighted by atomic mass is 79.9. The number of halogens is 2. The van der Waals surface area contributed by atoms with Crippen molar-refractivity contribution in [2.75, 3.05) is 5.73 Å². The van der Waals surface area contributed by atoms with Crippen molar-refractivity contribution in [3.8, 4) is 0 Å². The average molecular weight is 326 g/mol. The van der Waals surface area contributed by atoms with E-state index in [2.05, 4.69) is 20.9 Å². The first-order valence-electron chi connectivity index (χ1n) is 6.41. The molecule has 0 aliphatic carbocycles. The zero-order valence-electron chi connectivity index (χ0n) is 10.1. The van der Waals surface area contributed by atoms with Gasteiger partial charge in [0, 0.05) is 6.07 Å². The minimum absolute atomic E-state index is 0.185. The van der Waals surface area contributed by atoms with Gasteiger partial charge < -0.3 is 15.0 Å². The molecule has 3 heterocycles. The fourth-order valence-electron chi connectivity index (χ4n) is 3.34. The van der Waals surface area contributed by atoms with E-state index in [1.54, 1.807) is 6.07 Å². The van der Waals surface area contributed by atoms with Gasteiger partial charge >= 0.3 is 0 Å². The molecule has 2 fully saturated rings. The second-order valence-electron chi connectivity index (χ2n) is 5.27. The molecule has 3 atom stereocenters. The number of rotatable bonds is 1. The van der Waals surface area contributed by atoms with Crippen LogP contribution in [0.15, 0.2) is 16.6 Å². The predicted octanol–water partition coefficient (Wildman–Crippen LogP) is 3.01. The number of benzene rings is 1. The summed E-state index contributed by atoms with van der Waals surface area (Å²) in [4.78, 5) is 4.33. The largest absolute Gasteiger partial charge is 0.373 e. The van der Waals surface area contributed by atoms with Gasteiger partial charge in [-0.3, -0.25) is 0 Å². The Morgan fingerprint density at radius 3 is 2.95 bits per heavy atom. The van der Waals surface area contributed by atoms with Crippen LogP contribution in [0.4, 0.5) is 10.3 Å². The Morgan fingerprint density at radius 1 is 1.42 bits per heavy atom. The van der Waals surface area contributed by atoms with E-state index in [9.17, 15) is 4.39 Å². The lowest BCUT2D eigenvalue weighted by molar-refractivity contribution is 0.0945. The third-order valence-corrected chi connectivity index (χ3v) is 4.77. The lowest BCUT2D eigenvalue weighted by Gasteiger charge is -2.22. The first-order chi connectivity index (χ1) is 9.13. The van der Waals surface area contributed by atoms with E-state index in [0.717, 1.165) is 24.8 Å². The van der Waals surface area contributed by atoms with Gasteiger partial charge in [-0.05, 0) is 41.3 Å². The Hall–Kier alpha value is -1.14. The van der Waals surface area contributed by atoms with Crippen LogP contribution in [0.1, 0.15) is 25.3 Å². The molecular weight excluding hydrogens is 313 g/mol. The van der Waals surface area contributed by atoms with Crippen molar-refractivity contribution in [3.63, 3.8) is 0 Å². The quantitative estimate of drug-likeness (QED) is 0.876. The van der Waals surface area contributed by atoms with E-state index in [0.29, 0.717) is 22.0 Å². The van der Waals surface area contributed by atoms with E-state index >= 15 is 0 Å².